The minimum Gasteiger partial charge on any atom is -0.378 e. The quantitative estimate of drug-likeness (QED) is 0.746. The van der Waals surface area contributed by atoms with E-state index < -0.39 is 0 Å². The van der Waals surface area contributed by atoms with Gasteiger partial charge in [0.2, 0.25) is 5.95 Å². The van der Waals surface area contributed by atoms with Crippen LogP contribution in [0.25, 0.3) is 16.7 Å². The zero-order valence-corrected chi connectivity index (χ0v) is 16.2. The third kappa shape index (κ3) is 2.84. The number of aromatic amines is 1. The van der Waals surface area contributed by atoms with Crippen molar-refractivity contribution in [2.45, 2.75) is 20.3 Å². The second-order valence-corrected chi connectivity index (χ2v) is 7.57. The van der Waals surface area contributed by atoms with Crippen molar-refractivity contribution in [3.63, 3.8) is 0 Å². The van der Waals surface area contributed by atoms with Crippen molar-refractivity contribution in [2.75, 3.05) is 49.2 Å². The highest BCUT2D eigenvalue weighted by Crippen LogP contribution is 2.29. The van der Waals surface area contributed by atoms with Crippen LogP contribution in [0.5, 0.6) is 0 Å². The zero-order chi connectivity index (χ0) is 19.3. The number of rotatable bonds is 3. The van der Waals surface area contributed by atoms with Crippen LogP contribution in [0.1, 0.15) is 17.5 Å². The standard InChI is InChI=1S/C20H24N6O2/c1-13-10-15(24-4-3-5-24)11-14(2)17(13)26-12-16-18(23-26)21-20(22-19(16)27)25-6-8-28-9-7-25/h10-12H,3-9H2,1-2H3,(H,21,22,23,27). The van der Waals surface area contributed by atoms with Gasteiger partial charge in [0.05, 0.1) is 18.9 Å². The third-order valence-corrected chi connectivity index (χ3v) is 5.61. The van der Waals surface area contributed by atoms with Crippen LogP contribution in [0.15, 0.2) is 23.1 Å². The van der Waals surface area contributed by atoms with E-state index in [2.05, 4.69) is 45.9 Å². The Morgan fingerprint density at radius 2 is 1.75 bits per heavy atom. The first-order valence-corrected chi connectivity index (χ1v) is 9.79. The van der Waals surface area contributed by atoms with Crippen LogP contribution in [0.4, 0.5) is 11.6 Å². The van der Waals surface area contributed by atoms with Gasteiger partial charge in [-0.3, -0.25) is 9.78 Å². The Morgan fingerprint density at radius 1 is 1.04 bits per heavy atom. The lowest BCUT2D eigenvalue weighted by Gasteiger charge is -2.34. The Hall–Kier alpha value is -2.87. The van der Waals surface area contributed by atoms with Gasteiger partial charge in [-0.05, 0) is 43.5 Å². The first kappa shape index (κ1) is 17.2. The van der Waals surface area contributed by atoms with Crippen molar-refractivity contribution in [3.8, 4) is 5.69 Å². The van der Waals surface area contributed by atoms with Gasteiger partial charge in [-0.2, -0.15) is 4.98 Å². The van der Waals surface area contributed by atoms with E-state index in [1.165, 1.54) is 12.1 Å². The highest BCUT2D eigenvalue weighted by molar-refractivity contribution is 5.75. The van der Waals surface area contributed by atoms with Crippen molar-refractivity contribution in [2.24, 2.45) is 0 Å². The molecule has 0 radical (unpaired) electrons. The largest absolute Gasteiger partial charge is 0.378 e. The van der Waals surface area contributed by atoms with E-state index in [0.717, 1.165) is 29.9 Å². The maximum absolute atomic E-state index is 12.6. The van der Waals surface area contributed by atoms with Crippen molar-refractivity contribution in [1.29, 1.82) is 0 Å². The summed E-state index contributed by atoms with van der Waals surface area (Å²) in [7, 11) is 0. The molecular formula is C20H24N6O2. The number of aromatic nitrogens is 4. The molecule has 0 aliphatic carbocycles. The molecule has 3 aromatic rings. The number of aryl methyl sites for hydroxylation is 2. The second kappa shape index (κ2) is 6.63. The number of ether oxygens (including phenoxy) is 1. The number of nitrogens with zero attached hydrogens (tertiary/aromatic N) is 5. The van der Waals surface area contributed by atoms with Crippen LogP contribution in [-0.2, 0) is 4.74 Å². The van der Waals surface area contributed by atoms with Gasteiger partial charge in [-0.25, -0.2) is 4.68 Å². The Bertz CT molecular complexity index is 1070. The number of fused-ring (bicyclic) bond motifs is 1. The highest BCUT2D eigenvalue weighted by atomic mass is 16.5. The Labute approximate surface area is 162 Å². The monoisotopic (exact) mass is 380 g/mol. The summed E-state index contributed by atoms with van der Waals surface area (Å²) in [4.78, 5) is 24.5. The van der Waals surface area contributed by atoms with Gasteiger partial charge >= 0.3 is 0 Å². The average molecular weight is 380 g/mol. The Morgan fingerprint density at radius 3 is 2.39 bits per heavy atom. The van der Waals surface area contributed by atoms with E-state index in [-0.39, 0.29) is 5.56 Å². The van der Waals surface area contributed by atoms with E-state index >= 15 is 0 Å². The first-order valence-electron chi connectivity index (χ1n) is 9.79. The molecule has 4 heterocycles. The minimum atomic E-state index is -0.162. The van der Waals surface area contributed by atoms with Gasteiger partial charge in [0.25, 0.3) is 5.56 Å². The molecule has 8 nitrogen and oxygen atoms in total. The summed E-state index contributed by atoms with van der Waals surface area (Å²) < 4.78 is 7.17. The summed E-state index contributed by atoms with van der Waals surface area (Å²) in [5.74, 6) is 0.563. The van der Waals surface area contributed by atoms with Gasteiger partial charge in [-0.15, -0.1) is 5.10 Å². The number of benzene rings is 1. The van der Waals surface area contributed by atoms with Crippen molar-refractivity contribution in [3.05, 3.63) is 39.8 Å². The second-order valence-electron chi connectivity index (χ2n) is 7.57. The van der Waals surface area contributed by atoms with E-state index in [1.54, 1.807) is 10.9 Å². The molecule has 1 N–H and O–H groups in total. The van der Waals surface area contributed by atoms with E-state index in [9.17, 15) is 4.79 Å². The van der Waals surface area contributed by atoms with Gasteiger partial charge in [0, 0.05) is 38.1 Å². The van der Waals surface area contributed by atoms with Crippen LogP contribution < -0.4 is 15.4 Å². The van der Waals surface area contributed by atoms with Gasteiger partial charge in [-0.1, -0.05) is 0 Å². The molecule has 5 rings (SSSR count). The minimum absolute atomic E-state index is 0.162. The number of H-pyrrole nitrogens is 1. The van der Waals surface area contributed by atoms with Gasteiger partial charge < -0.3 is 14.5 Å². The summed E-state index contributed by atoms with van der Waals surface area (Å²) in [6.07, 6.45) is 3.03. The lowest BCUT2D eigenvalue weighted by atomic mass is 10.0. The molecule has 2 aromatic heterocycles. The summed E-state index contributed by atoms with van der Waals surface area (Å²) in [5, 5.41) is 5.15. The molecule has 2 aliphatic rings. The first-order chi connectivity index (χ1) is 13.6. The lowest BCUT2D eigenvalue weighted by Crippen LogP contribution is -2.38. The SMILES string of the molecule is Cc1cc(N2CCC2)cc(C)c1-n1cc2c(=O)[nH]c(N3CCOCC3)nc2n1. The molecule has 0 spiro atoms. The smallest absolute Gasteiger partial charge is 0.263 e. The molecule has 2 aliphatic heterocycles. The molecule has 8 heteroatoms. The molecule has 2 saturated heterocycles. The average Bonchev–Trinajstić information content (AvgIpc) is 3.04. The van der Waals surface area contributed by atoms with Crippen LogP contribution >= 0.6 is 0 Å². The topological polar surface area (TPSA) is 79.3 Å². The van der Waals surface area contributed by atoms with Crippen LogP contribution in [0.2, 0.25) is 0 Å². The molecule has 0 amide bonds. The molecule has 0 bridgehead atoms. The predicted octanol–water partition coefficient (Wildman–Crippen LogP) is 1.77. The molecular weight excluding hydrogens is 356 g/mol. The maximum atomic E-state index is 12.6. The molecule has 0 unspecified atom stereocenters. The fraction of sp³-hybridized carbons (Fsp3) is 0.450. The van der Waals surface area contributed by atoms with Crippen LogP contribution in [-0.4, -0.2) is 59.1 Å². The number of anilines is 2. The molecule has 28 heavy (non-hydrogen) atoms. The Kier molecular flexibility index (Phi) is 4.08. The molecule has 1 aromatic carbocycles. The molecule has 146 valence electrons. The molecule has 0 saturated carbocycles. The normalized spacial score (nSPS) is 17.2. The third-order valence-electron chi connectivity index (χ3n) is 5.61. The van der Waals surface area contributed by atoms with Crippen LogP contribution in [0.3, 0.4) is 0 Å². The fourth-order valence-electron chi connectivity index (χ4n) is 4.00. The van der Waals surface area contributed by atoms with Crippen molar-refractivity contribution in [1.82, 2.24) is 19.7 Å². The number of hydrogen-bond acceptors (Lipinski definition) is 6. The lowest BCUT2D eigenvalue weighted by molar-refractivity contribution is 0.122. The summed E-state index contributed by atoms with van der Waals surface area (Å²) in [5.41, 5.74) is 4.85. The summed E-state index contributed by atoms with van der Waals surface area (Å²) in [6.45, 7) is 9.12. The summed E-state index contributed by atoms with van der Waals surface area (Å²) in [6, 6.07) is 4.40. The van der Waals surface area contributed by atoms with Crippen molar-refractivity contribution >= 4 is 22.7 Å². The van der Waals surface area contributed by atoms with Gasteiger partial charge in [0.15, 0.2) is 5.65 Å². The summed E-state index contributed by atoms with van der Waals surface area (Å²) >= 11 is 0. The van der Waals surface area contributed by atoms with Crippen LogP contribution in [0, 0.1) is 13.8 Å². The maximum Gasteiger partial charge on any atom is 0.263 e. The van der Waals surface area contributed by atoms with E-state index in [1.807, 2.05) is 4.90 Å². The Balaban J connectivity index is 1.56. The number of nitrogens with one attached hydrogen (secondary N) is 1. The number of hydrogen-bond donors (Lipinski definition) is 1. The van der Waals surface area contributed by atoms with E-state index in [4.69, 9.17) is 4.74 Å². The van der Waals surface area contributed by atoms with Crippen molar-refractivity contribution < 1.29 is 4.74 Å². The highest BCUT2D eigenvalue weighted by Gasteiger charge is 2.19. The fourth-order valence-corrected chi connectivity index (χ4v) is 4.00. The van der Waals surface area contributed by atoms with Gasteiger partial charge in [0.1, 0.15) is 5.39 Å². The molecule has 2 fully saturated rings. The molecule has 0 atom stereocenters. The number of morpholine rings is 1. The zero-order valence-electron chi connectivity index (χ0n) is 16.2. The predicted molar refractivity (Wildman–Crippen MR) is 109 cm³/mol. The van der Waals surface area contributed by atoms with E-state index in [0.29, 0.717) is 43.3 Å².